The molecule has 0 atom stereocenters. The molecule has 2 aromatic rings. The van der Waals surface area contributed by atoms with Crippen molar-refractivity contribution in [3.05, 3.63) is 48.0 Å². The summed E-state index contributed by atoms with van der Waals surface area (Å²) in [5, 5.41) is 5.39. The summed E-state index contributed by atoms with van der Waals surface area (Å²) in [6, 6.07) is 10.5. The van der Waals surface area contributed by atoms with Crippen LogP contribution in [0.2, 0.25) is 0 Å². The number of hydrogen-bond acceptors (Lipinski definition) is 6. The first-order valence-electron chi connectivity index (χ1n) is 9.85. The van der Waals surface area contributed by atoms with E-state index < -0.39 is 15.9 Å². The highest BCUT2D eigenvalue weighted by molar-refractivity contribution is 7.92. The van der Waals surface area contributed by atoms with Gasteiger partial charge in [-0.05, 0) is 44.2 Å². The number of carbonyl (C=O) groups is 2. The van der Waals surface area contributed by atoms with Crippen LogP contribution in [0.4, 0.5) is 5.69 Å². The Morgan fingerprint density at radius 3 is 2.52 bits per heavy atom. The molecule has 0 radical (unpaired) electrons. The van der Waals surface area contributed by atoms with Crippen molar-refractivity contribution in [3.8, 4) is 11.5 Å². The summed E-state index contributed by atoms with van der Waals surface area (Å²) in [5.41, 5.74) is 0.506. The minimum atomic E-state index is -3.90. The van der Waals surface area contributed by atoms with E-state index in [4.69, 9.17) is 9.47 Å². The number of hydrogen-bond donors (Lipinski definition) is 3. The van der Waals surface area contributed by atoms with E-state index in [0.29, 0.717) is 24.7 Å². The van der Waals surface area contributed by atoms with Crippen LogP contribution in [0.3, 0.4) is 0 Å². The van der Waals surface area contributed by atoms with Gasteiger partial charge in [-0.15, -0.1) is 0 Å². The molecule has 0 unspecified atom stereocenters. The van der Waals surface area contributed by atoms with Crippen LogP contribution in [-0.4, -0.2) is 46.0 Å². The highest BCUT2D eigenvalue weighted by atomic mass is 32.2. The van der Waals surface area contributed by atoms with E-state index in [1.165, 1.54) is 18.2 Å². The van der Waals surface area contributed by atoms with Gasteiger partial charge in [0.05, 0.1) is 4.90 Å². The summed E-state index contributed by atoms with van der Waals surface area (Å²) in [6.45, 7) is 4.64. The number of ether oxygens (including phenoxy) is 2. The van der Waals surface area contributed by atoms with Crippen molar-refractivity contribution in [2.45, 2.75) is 31.2 Å². The zero-order valence-electron chi connectivity index (χ0n) is 17.3. The average Bonchev–Trinajstić information content (AvgIpc) is 2.72. The van der Waals surface area contributed by atoms with Gasteiger partial charge in [0, 0.05) is 36.3 Å². The fourth-order valence-electron chi connectivity index (χ4n) is 2.91. The Morgan fingerprint density at radius 1 is 1.03 bits per heavy atom. The number of nitrogens with one attached hydrogen (secondary N) is 3. The topological polar surface area (TPSA) is 123 Å². The van der Waals surface area contributed by atoms with Crippen molar-refractivity contribution in [1.29, 1.82) is 0 Å². The van der Waals surface area contributed by atoms with Gasteiger partial charge < -0.3 is 20.1 Å². The molecule has 0 bridgehead atoms. The van der Waals surface area contributed by atoms with Crippen molar-refractivity contribution >= 4 is 27.5 Å². The summed E-state index contributed by atoms with van der Waals surface area (Å²) in [5.74, 6) is 0.295. The standard InChI is InChI=1S/C21H25N3O6S/c1-14(2)23-20(25)8-9-22-21(26)15-4-3-5-16(12-15)24-31(27,28)17-6-7-18-19(13-17)30-11-10-29-18/h3-7,12-14,24H,8-11H2,1-2H3,(H,22,26)(H,23,25). The van der Waals surface area contributed by atoms with Crippen LogP contribution in [0.5, 0.6) is 11.5 Å². The number of amides is 2. The Kier molecular flexibility index (Phi) is 7.01. The van der Waals surface area contributed by atoms with Crippen molar-refractivity contribution in [1.82, 2.24) is 10.6 Å². The van der Waals surface area contributed by atoms with Crippen LogP contribution >= 0.6 is 0 Å². The van der Waals surface area contributed by atoms with E-state index in [1.54, 1.807) is 24.3 Å². The van der Waals surface area contributed by atoms with Gasteiger partial charge in [0.1, 0.15) is 13.2 Å². The van der Waals surface area contributed by atoms with E-state index in [2.05, 4.69) is 15.4 Å². The van der Waals surface area contributed by atoms with E-state index in [9.17, 15) is 18.0 Å². The molecule has 1 aliphatic heterocycles. The predicted octanol–water partition coefficient (Wildman–Crippen LogP) is 1.90. The van der Waals surface area contributed by atoms with Gasteiger partial charge in [-0.3, -0.25) is 14.3 Å². The summed E-state index contributed by atoms with van der Waals surface area (Å²) in [7, 11) is -3.90. The van der Waals surface area contributed by atoms with Gasteiger partial charge in [-0.2, -0.15) is 0 Å². The zero-order chi connectivity index (χ0) is 22.4. The molecule has 3 N–H and O–H groups in total. The van der Waals surface area contributed by atoms with Crippen molar-refractivity contribution < 1.29 is 27.5 Å². The lowest BCUT2D eigenvalue weighted by atomic mass is 10.2. The predicted molar refractivity (Wildman–Crippen MR) is 115 cm³/mol. The maximum Gasteiger partial charge on any atom is 0.262 e. The van der Waals surface area contributed by atoms with Crippen LogP contribution in [0.25, 0.3) is 0 Å². The molecule has 0 saturated carbocycles. The first-order chi connectivity index (χ1) is 14.7. The van der Waals surface area contributed by atoms with Gasteiger partial charge in [0.25, 0.3) is 15.9 Å². The quantitative estimate of drug-likeness (QED) is 0.568. The second kappa shape index (κ2) is 9.69. The van der Waals surface area contributed by atoms with Crippen LogP contribution in [-0.2, 0) is 14.8 Å². The second-order valence-electron chi connectivity index (χ2n) is 7.22. The number of anilines is 1. The zero-order valence-corrected chi connectivity index (χ0v) is 18.1. The summed E-state index contributed by atoms with van der Waals surface area (Å²) < 4.78 is 38.8. The molecule has 0 aromatic heterocycles. The number of fused-ring (bicyclic) bond motifs is 1. The lowest BCUT2D eigenvalue weighted by Crippen LogP contribution is -2.34. The van der Waals surface area contributed by atoms with Crippen molar-refractivity contribution in [2.75, 3.05) is 24.5 Å². The fourth-order valence-corrected chi connectivity index (χ4v) is 3.98. The Hall–Kier alpha value is -3.27. The molecule has 3 rings (SSSR count). The lowest BCUT2D eigenvalue weighted by Gasteiger charge is -2.19. The van der Waals surface area contributed by atoms with Gasteiger partial charge in [-0.1, -0.05) is 6.07 Å². The maximum absolute atomic E-state index is 12.8. The molecular formula is C21H25N3O6S. The summed E-state index contributed by atoms with van der Waals surface area (Å²) in [4.78, 5) is 24.0. The van der Waals surface area contributed by atoms with E-state index >= 15 is 0 Å². The maximum atomic E-state index is 12.8. The molecule has 0 spiro atoms. The fraction of sp³-hybridized carbons (Fsp3) is 0.333. The number of sulfonamides is 1. The van der Waals surface area contributed by atoms with Gasteiger partial charge in [0.2, 0.25) is 5.91 Å². The van der Waals surface area contributed by atoms with E-state index in [0.717, 1.165) is 0 Å². The van der Waals surface area contributed by atoms with Crippen LogP contribution in [0.1, 0.15) is 30.6 Å². The molecule has 9 nitrogen and oxygen atoms in total. The molecule has 0 saturated heterocycles. The van der Waals surface area contributed by atoms with Gasteiger partial charge >= 0.3 is 0 Å². The Morgan fingerprint density at radius 2 is 1.77 bits per heavy atom. The number of rotatable bonds is 8. The Labute approximate surface area is 181 Å². The minimum Gasteiger partial charge on any atom is -0.486 e. The molecule has 2 aromatic carbocycles. The van der Waals surface area contributed by atoms with Gasteiger partial charge in [0.15, 0.2) is 11.5 Å². The Bertz CT molecular complexity index is 1070. The monoisotopic (exact) mass is 447 g/mol. The normalized spacial score (nSPS) is 12.9. The molecule has 2 amide bonds. The summed E-state index contributed by atoms with van der Waals surface area (Å²) >= 11 is 0. The third kappa shape index (κ3) is 6.11. The molecule has 166 valence electrons. The van der Waals surface area contributed by atoms with Crippen molar-refractivity contribution in [3.63, 3.8) is 0 Å². The highest BCUT2D eigenvalue weighted by Crippen LogP contribution is 2.32. The highest BCUT2D eigenvalue weighted by Gasteiger charge is 2.20. The minimum absolute atomic E-state index is 0.0165. The van der Waals surface area contributed by atoms with Crippen molar-refractivity contribution in [2.24, 2.45) is 0 Å². The second-order valence-corrected chi connectivity index (χ2v) is 8.90. The molecule has 31 heavy (non-hydrogen) atoms. The SMILES string of the molecule is CC(C)NC(=O)CCNC(=O)c1cccc(NS(=O)(=O)c2ccc3c(c2)OCCO3)c1. The van der Waals surface area contributed by atoms with Crippen LogP contribution < -0.4 is 24.8 Å². The van der Waals surface area contributed by atoms with E-state index in [1.807, 2.05) is 13.8 Å². The molecular weight excluding hydrogens is 422 g/mol. The first-order valence-corrected chi connectivity index (χ1v) is 11.3. The summed E-state index contributed by atoms with van der Waals surface area (Å²) in [6.07, 6.45) is 0.153. The largest absolute Gasteiger partial charge is 0.486 e. The third-order valence-electron chi connectivity index (χ3n) is 4.29. The van der Waals surface area contributed by atoms with E-state index in [-0.39, 0.29) is 41.1 Å². The molecule has 10 heteroatoms. The van der Waals surface area contributed by atoms with Crippen LogP contribution in [0, 0.1) is 0 Å². The molecule has 1 heterocycles. The first kappa shape index (κ1) is 22.4. The smallest absolute Gasteiger partial charge is 0.262 e. The molecule has 1 aliphatic rings. The molecule has 0 aliphatic carbocycles. The molecule has 0 fully saturated rings. The average molecular weight is 448 g/mol. The number of carbonyl (C=O) groups excluding carboxylic acids is 2. The van der Waals surface area contributed by atoms with Gasteiger partial charge in [-0.25, -0.2) is 8.42 Å². The number of benzene rings is 2. The third-order valence-corrected chi connectivity index (χ3v) is 5.67. The van der Waals surface area contributed by atoms with Crippen LogP contribution in [0.15, 0.2) is 47.4 Å². The Balaban J connectivity index is 1.64. The lowest BCUT2D eigenvalue weighted by molar-refractivity contribution is -0.121.